The van der Waals surface area contributed by atoms with Crippen molar-refractivity contribution in [3.63, 3.8) is 0 Å². The van der Waals surface area contributed by atoms with Crippen LogP contribution in [0.4, 0.5) is 0 Å². The summed E-state index contributed by atoms with van der Waals surface area (Å²) in [5.74, 6) is 0. The number of carbonyl (C=O) groups is 1. The van der Waals surface area contributed by atoms with Crippen LogP contribution in [0.3, 0.4) is 0 Å². The molecule has 0 bridgehead atoms. The van der Waals surface area contributed by atoms with E-state index >= 15 is 0 Å². The Labute approximate surface area is 93.6 Å². The standard InChI is InChI=1S/C14H22O/c1-2-3-4-5-6-7-8-9-10-11-12-13-14-15/h2-6,14H,1,7-13H2. The molecule has 84 valence electrons. The second kappa shape index (κ2) is 12.9. The van der Waals surface area contributed by atoms with E-state index in [9.17, 15) is 4.79 Å². The lowest BCUT2D eigenvalue weighted by Gasteiger charge is -1.96. The molecule has 1 nitrogen and oxygen atoms in total. The molecular formula is C14H22O. The van der Waals surface area contributed by atoms with Crippen molar-refractivity contribution in [3.05, 3.63) is 37.0 Å². The fraction of sp³-hybridized carbons (Fsp3) is 0.500. The third-order valence-electron chi connectivity index (χ3n) is 2.19. The Kier molecular flexibility index (Phi) is 11.9. The molecule has 0 rings (SSSR count). The van der Waals surface area contributed by atoms with E-state index in [1.807, 2.05) is 12.2 Å². The average molecular weight is 206 g/mol. The third kappa shape index (κ3) is 12.9. The van der Waals surface area contributed by atoms with Crippen LogP contribution in [0.2, 0.25) is 0 Å². The quantitative estimate of drug-likeness (QED) is 0.297. The summed E-state index contributed by atoms with van der Waals surface area (Å²) in [5, 5.41) is 0. The summed E-state index contributed by atoms with van der Waals surface area (Å²) in [4.78, 5) is 10.0. The molecule has 0 aromatic heterocycles. The Morgan fingerprint density at radius 3 is 2.13 bits per heavy atom. The highest BCUT2D eigenvalue weighted by molar-refractivity contribution is 5.48. The van der Waals surface area contributed by atoms with Gasteiger partial charge in [-0.1, -0.05) is 56.2 Å². The minimum atomic E-state index is 0.728. The number of unbranched alkanes of at least 4 members (excludes halogenated alkanes) is 6. The van der Waals surface area contributed by atoms with Gasteiger partial charge < -0.3 is 4.79 Å². The highest BCUT2D eigenvalue weighted by Gasteiger charge is 1.88. The van der Waals surface area contributed by atoms with Crippen LogP contribution in [0.25, 0.3) is 0 Å². The van der Waals surface area contributed by atoms with Crippen molar-refractivity contribution >= 4 is 6.29 Å². The van der Waals surface area contributed by atoms with Crippen LogP contribution in [-0.2, 0) is 4.79 Å². The molecule has 0 amide bonds. The highest BCUT2D eigenvalue weighted by atomic mass is 16.1. The van der Waals surface area contributed by atoms with Gasteiger partial charge in [0.05, 0.1) is 0 Å². The number of rotatable bonds is 10. The van der Waals surface area contributed by atoms with E-state index in [1.165, 1.54) is 25.7 Å². The van der Waals surface area contributed by atoms with E-state index in [0.29, 0.717) is 0 Å². The lowest BCUT2D eigenvalue weighted by Crippen LogP contribution is -1.79. The Hall–Kier alpha value is -1.11. The maximum atomic E-state index is 10.0. The van der Waals surface area contributed by atoms with E-state index in [0.717, 1.165) is 25.5 Å². The Balaban J connectivity index is 3.10. The summed E-state index contributed by atoms with van der Waals surface area (Å²) in [6.07, 6.45) is 18.9. The van der Waals surface area contributed by atoms with Gasteiger partial charge in [0.2, 0.25) is 0 Å². The summed E-state index contributed by atoms with van der Waals surface area (Å²) in [6.45, 7) is 3.60. The largest absolute Gasteiger partial charge is 0.303 e. The van der Waals surface area contributed by atoms with Gasteiger partial charge in [-0.25, -0.2) is 0 Å². The second-order valence-corrected chi connectivity index (χ2v) is 3.56. The molecule has 0 N–H and O–H groups in total. The molecule has 0 radical (unpaired) electrons. The van der Waals surface area contributed by atoms with Crippen LogP contribution in [0.15, 0.2) is 37.0 Å². The minimum Gasteiger partial charge on any atom is -0.303 e. The Bertz CT molecular complexity index is 201. The predicted molar refractivity (Wildman–Crippen MR) is 66.9 cm³/mol. The maximum Gasteiger partial charge on any atom is 0.119 e. The van der Waals surface area contributed by atoms with Gasteiger partial charge in [0.15, 0.2) is 0 Å². The van der Waals surface area contributed by atoms with Crippen molar-refractivity contribution in [2.45, 2.75) is 44.9 Å². The first kappa shape index (κ1) is 13.9. The van der Waals surface area contributed by atoms with Gasteiger partial charge in [-0.2, -0.15) is 0 Å². The first-order valence-corrected chi connectivity index (χ1v) is 5.79. The minimum absolute atomic E-state index is 0.728. The molecular weight excluding hydrogens is 184 g/mol. The zero-order chi connectivity index (χ0) is 11.2. The first-order chi connectivity index (χ1) is 7.41. The third-order valence-corrected chi connectivity index (χ3v) is 2.19. The number of hydrogen-bond donors (Lipinski definition) is 0. The molecule has 0 unspecified atom stereocenters. The molecule has 0 aromatic rings. The molecule has 0 saturated heterocycles. The number of allylic oxidation sites excluding steroid dienone is 5. The van der Waals surface area contributed by atoms with Crippen LogP contribution in [0, 0.1) is 0 Å². The summed E-state index contributed by atoms with van der Waals surface area (Å²) in [7, 11) is 0. The van der Waals surface area contributed by atoms with Crippen molar-refractivity contribution in [2.24, 2.45) is 0 Å². The molecule has 0 atom stereocenters. The van der Waals surface area contributed by atoms with Crippen molar-refractivity contribution in [1.82, 2.24) is 0 Å². The number of aldehydes is 1. The topological polar surface area (TPSA) is 17.1 Å². The van der Waals surface area contributed by atoms with Gasteiger partial charge in [-0.15, -0.1) is 0 Å². The van der Waals surface area contributed by atoms with Crippen molar-refractivity contribution < 1.29 is 4.79 Å². The first-order valence-electron chi connectivity index (χ1n) is 5.79. The van der Waals surface area contributed by atoms with Crippen molar-refractivity contribution in [2.75, 3.05) is 0 Å². The molecule has 0 aliphatic carbocycles. The van der Waals surface area contributed by atoms with Crippen LogP contribution in [0.5, 0.6) is 0 Å². The zero-order valence-electron chi connectivity index (χ0n) is 9.53. The summed E-state index contributed by atoms with van der Waals surface area (Å²) >= 11 is 0. The zero-order valence-corrected chi connectivity index (χ0v) is 9.53. The molecule has 0 spiro atoms. The molecule has 0 fully saturated rings. The molecule has 0 aliphatic rings. The van der Waals surface area contributed by atoms with Crippen LogP contribution in [-0.4, -0.2) is 6.29 Å². The van der Waals surface area contributed by atoms with E-state index in [-0.39, 0.29) is 0 Å². The van der Waals surface area contributed by atoms with Crippen LogP contribution in [0.1, 0.15) is 44.9 Å². The molecule has 0 heterocycles. The Morgan fingerprint density at radius 1 is 0.800 bits per heavy atom. The molecule has 0 aliphatic heterocycles. The van der Waals surface area contributed by atoms with Gasteiger partial charge in [0, 0.05) is 6.42 Å². The monoisotopic (exact) mass is 206 g/mol. The summed E-state index contributed by atoms with van der Waals surface area (Å²) in [5.41, 5.74) is 0. The van der Waals surface area contributed by atoms with E-state index < -0.39 is 0 Å². The fourth-order valence-corrected chi connectivity index (χ4v) is 1.34. The van der Waals surface area contributed by atoms with Gasteiger partial charge in [0.1, 0.15) is 6.29 Å². The number of carbonyl (C=O) groups excluding carboxylic acids is 1. The molecule has 0 saturated carbocycles. The lowest BCUT2D eigenvalue weighted by molar-refractivity contribution is -0.107. The normalized spacial score (nSPS) is 11.2. The van der Waals surface area contributed by atoms with Crippen molar-refractivity contribution in [1.29, 1.82) is 0 Å². The van der Waals surface area contributed by atoms with Crippen LogP contribution >= 0.6 is 0 Å². The predicted octanol–water partition coefficient (Wildman–Crippen LogP) is 4.21. The summed E-state index contributed by atoms with van der Waals surface area (Å²) in [6, 6.07) is 0. The van der Waals surface area contributed by atoms with Gasteiger partial charge in [-0.05, 0) is 19.3 Å². The van der Waals surface area contributed by atoms with E-state index in [4.69, 9.17) is 0 Å². The lowest BCUT2D eigenvalue weighted by atomic mass is 10.1. The molecule has 1 heteroatoms. The van der Waals surface area contributed by atoms with Crippen molar-refractivity contribution in [3.8, 4) is 0 Å². The SMILES string of the molecule is C=CC=CC=CCCCCCCCC=O. The summed E-state index contributed by atoms with van der Waals surface area (Å²) < 4.78 is 0. The average Bonchev–Trinajstić information content (AvgIpc) is 2.26. The maximum absolute atomic E-state index is 10.0. The van der Waals surface area contributed by atoms with Crippen LogP contribution < -0.4 is 0 Å². The van der Waals surface area contributed by atoms with Gasteiger partial charge >= 0.3 is 0 Å². The molecule has 0 aromatic carbocycles. The van der Waals surface area contributed by atoms with Gasteiger partial charge in [-0.3, -0.25) is 0 Å². The molecule has 15 heavy (non-hydrogen) atoms. The Morgan fingerprint density at radius 2 is 1.47 bits per heavy atom. The highest BCUT2D eigenvalue weighted by Crippen LogP contribution is 2.06. The fourth-order valence-electron chi connectivity index (χ4n) is 1.34. The number of hydrogen-bond acceptors (Lipinski definition) is 1. The van der Waals surface area contributed by atoms with Gasteiger partial charge in [0.25, 0.3) is 0 Å². The second-order valence-electron chi connectivity index (χ2n) is 3.56. The van der Waals surface area contributed by atoms with E-state index in [1.54, 1.807) is 6.08 Å². The smallest absolute Gasteiger partial charge is 0.119 e. The van der Waals surface area contributed by atoms with E-state index in [2.05, 4.69) is 18.7 Å².